The molecule has 8 heteroatoms. The molecule has 0 spiro atoms. The van der Waals surface area contributed by atoms with E-state index in [4.69, 9.17) is 9.47 Å². The third-order valence-corrected chi connectivity index (χ3v) is 4.44. The van der Waals surface area contributed by atoms with Gasteiger partial charge in [0.2, 0.25) is 5.91 Å². The molecule has 1 aromatic carbocycles. The number of carbonyl (C=O) groups excluding carboxylic acids is 2. The molecule has 2 amide bonds. The standard InChI is InChI=1S/C17H23N3O4.ClH/c1-12(21)18-16-14-11-13(23-2)3-4-15(14)20(17(16)22)6-5-19-7-9-24-10-8-19;/h3-4,11,16H,5-10H2,1-2H3,(H,18,21);1H. The van der Waals surface area contributed by atoms with Crippen LogP contribution in [0.25, 0.3) is 0 Å². The molecule has 1 unspecified atom stereocenters. The van der Waals surface area contributed by atoms with E-state index >= 15 is 0 Å². The number of hydrogen-bond acceptors (Lipinski definition) is 5. The van der Waals surface area contributed by atoms with Crippen LogP contribution >= 0.6 is 0 Å². The maximum Gasteiger partial charge on any atom is 1.00 e. The number of nitrogens with one attached hydrogen (secondary N) is 1. The van der Waals surface area contributed by atoms with Crippen molar-refractivity contribution in [3.8, 4) is 5.75 Å². The topological polar surface area (TPSA) is 71.1 Å². The highest BCUT2D eigenvalue weighted by atomic mass is 35.5. The summed E-state index contributed by atoms with van der Waals surface area (Å²) in [6.45, 7) is 6.02. The Hall–Kier alpha value is -1.83. The summed E-state index contributed by atoms with van der Waals surface area (Å²) in [4.78, 5) is 28.3. The number of carbonyl (C=O) groups is 2. The van der Waals surface area contributed by atoms with E-state index in [2.05, 4.69) is 10.2 Å². The Morgan fingerprint density at radius 2 is 2.08 bits per heavy atom. The van der Waals surface area contributed by atoms with Crippen LogP contribution in [0.5, 0.6) is 5.75 Å². The van der Waals surface area contributed by atoms with Crippen molar-refractivity contribution in [2.45, 2.75) is 13.0 Å². The highest BCUT2D eigenvalue weighted by molar-refractivity contribution is 6.06. The zero-order valence-corrected chi connectivity index (χ0v) is 15.2. The first-order chi connectivity index (χ1) is 11.6. The van der Waals surface area contributed by atoms with E-state index < -0.39 is 6.04 Å². The Labute approximate surface area is 155 Å². The number of benzene rings is 1. The Morgan fingerprint density at radius 1 is 1.36 bits per heavy atom. The fraction of sp³-hybridized carbons (Fsp3) is 0.529. The van der Waals surface area contributed by atoms with Crippen LogP contribution in [-0.4, -0.2) is 63.2 Å². The van der Waals surface area contributed by atoms with Crippen LogP contribution in [0.1, 0.15) is 20.0 Å². The summed E-state index contributed by atoms with van der Waals surface area (Å²) < 4.78 is 10.6. The minimum Gasteiger partial charge on any atom is -1.00 e. The second kappa shape index (κ2) is 8.51. The van der Waals surface area contributed by atoms with Crippen LogP contribution in [0, 0.1) is 0 Å². The lowest BCUT2D eigenvalue weighted by Crippen LogP contribution is -3.00. The first kappa shape index (κ1) is 19.5. The Bertz CT molecular complexity index is 640. The smallest absolute Gasteiger partial charge is 1.00 e. The molecule has 2 aliphatic rings. The monoisotopic (exact) mass is 369 g/mol. The predicted molar refractivity (Wildman–Crippen MR) is 90.3 cm³/mol. The average molecular weight is 370 g/mol. The molecule has 1 N–H and O–H groups in total. The molecule has 138 valence electrons. The van der Waals surface area contributed by atoms with Crippen LogP contribution in [0.2, 0.25) is 0 Å². The number of hydrogen-bond donors (Lipinski definition) is 1. The number of nitrogens with zero attached hydrogens (tertiary/aromatic N) is 2. The molecule has 0 bridgehead atoms. The van der Waals surface area contributed by atoms with Crippen molar-refractivity contribution >= 4 is 17.5 Å². The highest BCUT2D eigenvalue weighted by Crippen LogP contribution is 2.38. The Kier molecular flexibility index (Phi) is 6.64. The molecule has 1 atom stereocenters. The van der Waals surface area contributed by atoms with Gasteiger partial charge in [0.05, 0.1) is 20.3 Å². The first-order valence-corrected chi connectivity index (χ1v) is 8.16. The van der Waals surface area contributed by atoms with Gasteiger partial charge in [0.15, 0.2) is 0 Å². The van der Waals surface area contributed by atoms with Gasteiger partial charge in [-0.2, -0.15) is 0 Å². The van der Waals surface area contributed by atoms with Gasteiger partial charge < -0.3 is 32.1 Å². The van der Waals surface area contributed by atoms with Gasteiger partial charge in [-0.05, 0) is 18.2 Å². The Balaban J connectivity index is 0.00000169. The van der Waals surface area contributed by atoms with Crippen LogP contribution in [-0.2, 0) is 14.3 Å². The third kappa shape index (κ3) is 4.23. The number of methoxy groups -OCH3 is 1. The zero-order chi connectivity index (χ0) is 17.1. The molecule has 0 aromatic heterocycles. The van der Waals surface area contributed by atoms with Crippen LogP contribution in [0.3, 0.4) is 0 Å². The van der Waals surface area contributed by atoms with E-state index in [1.807, 2.05) is 18.2 Å². The van der Waals surface area contributed by atoms with Gasteiger partial charge in [-0.25, -0.2) is 0 Å². The number of fused-ring (bicyclic) bond motifs is 1. The molecule has 1 aromatic rings. The van der Waals surface area contributed by atoms with Crippen LogP contribution in [0.4, 0.5) is 5.69 Å². The molecule has 0 radical (unpaired) electrons. The predicted octanol–water partition coefficient (Wildman–Crippen LogP) is -2.33. The van der Waals surface area contributed by atoms with Gasteiger partial charge in [-0.3, -0.25) is 14.5 Å². The molecule has 7 nitrogen and oxygen atoms in total. The van der Waals surface area contributed by atoms with Crippen molar-refractivity contribution in [1.82, 2.24) is 10.2 Å². The molecule has 0 saturated carbocycles. The molecule has 0 aliphatic carbocycles. The molecular formula is C17H24ClN3O4. The molecule has 2 heterocycles. The second-order valence-corrected chi connectivity index (χ2v) is 6.00. The number of anilines is 1. The number of amides is 2. The summed E-state index contributed by atoms with van der Waals surface area (Å²) >= 11 is 0. The van der Waals surface area contributed by atoms with Crippen molar-refractivity contribution in [3.63, 3.8) is 0 Å². The first-order valence-electron chi connectivity index (χ1n) is 8.16. The largest absolute Gasteiger partial charge is 1.00 e. The van der Waals surface area contributed by atoms with Gasteiger partial charge in [0.25, 0.3) is 5.91 Å². The van der Waals surface area contributed by atoms with Crippen molar-refractivity contribution in [1.29, 1.82) is 0 Å². The summed E-state index contributed by atoms with van der Waals surface area (Å²) in [5, 5.41) is 2.75. The van der Waals surface area contributed by atoms with E-state index in [0.29, 0.717) is 12.3 Å². The highest BCUT2D eigenvalue weighted by Gasteiger charge is 2.38. The summed E-state index contributed by atoms with van der Waals surface area (Å²) in [5.41, 5.74) is 1.63. The van der Waals surface area contributed by atoms with E-state index in [1.54, 1.807) is 12.0 Å². The van der Waals surface area contributed by atoms with E-state index in [1.165, 1.54) is 6.92 Å². The van der Waals surface area contributed by atoms with E-state index in [9.17, 15) is 9.59 Å². The number of halogens is 1. The van der Waals surface area contributed by atoms with E-state index in [-0.39, 0.29) is 25.6 Å². The minimum atomic E-state index is -0.641. The lowest BCUT2D eigenvalue weighted by atomic mass is 10.1. The minimum absolute atomic E-state index is 0. The maximum absolute atomic E-state index is 12.8. The SMILES string of the molecule is COc1ccc2c(c1)C(NC(C)=O)C(=O)N2CCN1CCOCC1.[Cl-].[H+]. The molecule has 1 fully saturated rings. The second-order valence-electron chi connectivity index (χ2n) is 6.00. The third-order valence-electron chi connectivity index (χ3n) is 4.44. The maximum atomic E-state index is 12.8. The summed E-state index contributed by atoms with van der Waals surface area (Å²) in [5.74, 6) is 0.353. The van der Waals surface area contributed by atoms with Gasteiger partial charge in [-0.15, -0.1) is 0 Å². The van der Waals surface area contributed by atoms with Crippen molar-refractivity contribution in [2.24, 2.45) is 0 Å². The van der Waals surface area contributed by atoms with Gasteiger partial charge in [0.1, 0.15) is 11.8 Å². The lowest BCUT2D eigenvalue weighted by Gasteiger charge is -2.28. The fourth-order valence-electron chi connectivity index (χ4n) is 3.18. The van der Waals surface area contributed by atoms with Crippen LogP contribution in [0.15, 0.2) is 18.2 Å². The fourth-order valence-corrected chi connectivity index (χ4v) is 3.18. The summed E-state index contributed by atoms with van der Waals surface area (Å²) in [6, 6.07) is 4.90. The van der Waals surface area contributed by atoms with E-state index in [0.717, 1.165) is 44.1 Å². The summed E-state index contributed by atoms with van der Waals surface area (Å²) in [7, 11) is 1.59. The van der Waals surface area contributed by atoms with Gasteiger partial charge >= 0.3 is 1.43 Å². The van der Waals surface area contributed by atoms with Crippen molar-refractivity contribution in [3.05, 3.63) is 23.8 Å². The average Bonchev–Trinajstić information content (AvgIpc) is 2.85. The normalized spacial score (nSPS) is 20.0. The molecule has 1 saturated heterocycles. The van der Waals surface area contributed by atoms with Crippen LogP contribution < -0.4 is 27.4 Å². The molecule has 3 rings (SSSR count). The zero-order valence-electron chi connectivity index (χ0n) is 15.5. The molecule has 25 heavy (non-hydrogen) atoms. The quantitative estimate of drug-likeness (QED) is 0.630. The molecular weight excluding hydrogens is 346 g/mol. The summed E-state index contributed by atoms with van der Waals surface area (Å²) in [6.07, 6.45) is 0. The molecule has 2 aliphatic heterocycles. The van der Waals surface area contributed by atoms with Crippen molar-refractivity contribution < 1.29 is 32.9 Å². The lowest BCUT2D eigenvalue weighted by molar-refractivity contribution is -0.126. The van der Waals surface area contributed by atoms with Gasteiger partial charge in [0, 0.05) is 44.4 Å². The number of rotatable bonds is 5. The Morgan fingerprint density at radius 3 is 2.72 bits per heavy atom. The number of ether oxygens (including phenoxy) is 2. The van der Waals surface area contributed by atoms with Gasteiger partial charge in [-0.1, -0.05) is 0 Å². The number of morpholine rings is 1. The van der Waals surface area contributed by atoms with Crippen molar-refractivity contribution in [2.75, 3.05) is 51.4 Å².